The highest BCUT2D eigenvalue weighted by Gasteiger charge is 2.42. The van der Waals surface area contributed by atoms with Crippen LogP contribution in [-0.4, -0.2) is 44.1 Å². The highest BCUT2D eigenvalue weighted by molar-refractivity contribution is 7.65. The Hall–Kier alpha value is -3.50. The first-order valence-electron chi connectivity index (χ1n) is 16.2. The van der Waals surface area contributed by atoms with Crippen LogP contribution in [0.25, 0.3) is 0 Å². The Morgan fingerprint density at radius 1 is 0.646 bits per heavy atom. The quantitative estimate of drug-likeness (QED) is 0.0817. The third kappa shape index (κ3) is 10.8. The van der Waals surface area contributed by atoms with Gasteiger partial charge in [0.2, 0.25) is 11.5 Å². The van der Waals surface area contributed by atoms with Gasteiger partial charge in [-0.2, -0.15) is 0 Å². The van der Waals surface area contributed by atoms with Crippen molar-refractivity contribution < 1.29 is 43.7 Å². The Labute approximate surface area is 289 Å². The molecule has 2 rings (SSSR count). The van der Waals surface area contributed by atoms with Crippen LogP contribution in [0.1, 0.15) is 129 Å². The predicted molar refractivity (Wildman–Crippen MR) is 188 cm³/mol. The van der Waals surface area contributed by atoms with Crippen LogP contribution >= 0.6 is 0 Å². The van der Waals surface area contributed by atoms with E-state index in [2.05, 4.69) is 0 Å². The van der Waals surface area contributed by atoms with Gasteiger partial charge in [-0.3, -0.25) is 9.59 Å². The molecular formula is C38H55O9S+. The fourth-order valence-corrected chi connectivity index (χ4v) is 5.46. The average Bonchev–Trinajstić information content (AvgIpc) is 2.92. The van der Waals surface area contributed by atoms with Gasteiger partial charge < -0.3 is 29.9 Å². The lowest BCUT2D eigenvalue weighted by molar-refractivity contribution is -0.315. The molecule has 0 unspecified atom stereocenters. The second-order valence-corrected chi connectivity index (χ2v) is 17.1. The molecule has 2 aromatic rings. The summed E-state index contributed by atoms with van der Waals surface area (Å²) < 4.78 is 21.3. The van der Waals surface area contributed by atoms with Crippen molar-refractivity contribution in [2.24, 2.45) is 0 Å². The number of benzene rings is 2. The van der Waals surface area contributed by atoms with Crippen LogP contribution in [0.15, 0.2) is 36.1 Å². The molecule has 0 fully saturated rings. The normalized spacial score (nSPS) is 13.3. The summed E-state index contributed by atoms with van der Waals surface area (Å²) in [6.45, 7) is 23.7. The molecule has 266 valence electrons. The summed E-state index contributed by atoms with van der Waals surface area (Å²) in [7, 11) is 0. The summed E-state index contributed by atoms with van der Waals surface area (Å²) in [6.07, 6.45) is 0.751. The SMILES string of the molecule is CC(C)(C)c1cc(CCC(=O)OC(O)(OC(=O)CCc2cc(C(C)(C)C)c(O)c(C(C)(C)C)c2)C(O)=CC[S+]=O)cc(C(C)(C)C)c1O. The number of aliphatic hydroxyl groups excluding tert-OH is 1. The molecule has 0 saturated carbocycles. The standard InChI is InChI=1S/C38H54O9S/c1-34(2,3)25-19-23(20-26(32(25)42)35(4,5)6)13-15-30(40)46-38(44,29(39)17-18-48-45)47-31(41)16-14-24-21-27(36(7,8)9)33(43)28(22-24)37(10,11)12/h17,19-22,44H,13-16,18H2,1-12H3,(H2-,39,42,43)/p+1. The van der Waals surface area contributed by atoms with Crippen LogP contribution in [0.2, 0.25) is 0 Å². The number of esters is 2. The van der Waals surface area contributed by atoms with Crippen molar-refractivity contribution in [2.75, 3.05) is 5.75 Å². The van der Waals surface area contributed by atoms with Gasteiger partial charge in [-0.15, -0.1) is 0 Å². The first-order chi connectivity index (χ1) is 21.7. The summed E-state index contributed by atoms with van der Waals surface area (Å²) in [6, 6.07) is 7.30. The van der Waals surface area contributed by atoms with E-state index in [1.807, 2.05) is 107 Å². The minimum absolute atomic E-state index is 0.0947. The number of rotatable bonds is 11. The predicted octanol–water partition coefficient (Wildman–Crippen LogP) is 7.46. The van der Waals surface area contributed by atoms with E-state index in [0.717, 1.165) is 39.5 Å². The number of phenolic OH excluding ortho intramolecular Hbond substituents is 2. The lowest BCUT2D eigenvalue weighted by atomic mass is 9.78. The van der Waals surface area contributed by atoms with Crippen LogP contribution in [-0.2, 0) is 69.4 Å². The Bertz CT molecular complexity index is 1360. The molecule has 0 radical (unpaired) electrons. The zero-order valence-corrected chi connectivity index (χ0v) is 31.5. The van der Waals surface area contributed by atoms with E-state index >= 15 is 0 Å². The molecule has 0 bridgehead atoms. The molecule has 0 spiro atoms. The first-order valence-corrected chi connectivity index (χ1v) is 17.2. The maximum atomic E-state index is 13.0. The highest BCUT2D eigenvalue weighted by atomic mass is 32.1. The van der Waals surface area contributed by atoms with Gasteiger partial charge in [0.15, 0.2) is 0 Å². The minimum Gasteiger partial charge on any atom is -0.507 e. The highest BCUT2D eigenvalue weighted by Crippen LogP contribution is 2.41. The molecule has 0 aliphatic rings. The largest absolute Gasteiger partial charge is 0.507 e. The molecule has 0 heterocycles. The molecule has 0 saturated heterocycles. The fourth-order valence-electron chi connectivity index (χ4n) is 5.23. The zero-order valence-electron chi connectivity index (χ0n) is 30.7. The molecule has 10 heteroatoms. The van der Waals surface area contributed by atoms with E-state index < -0.39 is 23.7 Å². The maximum absolute atomic E-state index is 13.0. The smallest absolute Gasteiger partial charge is 0.463 e. The number of carbonyl (C=O) groups excluding carboxylic acids is 2. The second kappa shape index (κ2) is 14.9. The number of aliphatic hydroxyl groups is 2. The number of hydrogen-bond donors (Lipinski definition) is 4. The lowest BCUT2D eigenvalue weighted by Crippen LogP contribution is -2.42. The van der Waals surface area contributed by atoms with Crippen molar-refractivity contribution >= 4 is 23.6 Å². The molecule has 9 nitrogen and oxygen atoms in total. The van der Waals surface area contributed by atoms with E-state index in [-0.39, 0.29) is 76.3 Å². The van der Waals surface area contributed by atoms with Crippen LogP contribution in [0.5, 0.6) is 11.5 Å². The Kier molecular flexibility index (Phi) is 12.7. The van der Waals surface area contributed by atoms with Crippen molar-refractivity contribution in [1.82, 2.24) is 0 Å². The van der Waals surface area contributed by atoms with Crippen molar-refractivity contribution in [3.05, 3.63) is 69.5 Å². The summed E-state index contributed by atoms with van der Waals surface area (Å²) in [5, 5.41) is 43.7. The van der Waals surface area contributed by atoms with Gasteiger partial charge in [-0.05, 0) is 67.9 Å². The van der Waals surface area contributed by atoms with Crippen molar-refractivity contribution in [2.45, 2.75) is 136 Å². The van der Waals surface area contributed by atoms with Gasteiger partial charge in [-0.25, -0.2) is 0 Å². The van der Waals surface area contributed by atoms with Gasteiger partial charge in [0.05, 0.1) is 0 Å². The number of carbonyl (C=O) groups is 2. The van der Waals surface area contributed by atoms with Crippen molar-refractivity contribution in [3.63, 3.8) is 0 Å². The van der Waals surface area contributed by atoms with E-state index in [0.29, 0.717) is 0 Å². The number of ether oxygens (including phenoxy) is 2. The Morgan fingerprint density at radius 3 is 1.19 bits per heavy atom. The third-order valence-electron chi connectivity index (χ3n) is 7.98. The number of aryl methyl sites for hydroxylation is 2. The summed E-state index contributed by atoms with van der Waals surface area (Å²) in [5.74, 6) is -5.97. The maximum Gasteiger partial charge on any atom is 0.463 e. The number of phenols is 2. The average molecular weight is 688 g/mol. The van der Waals surface area contributed by atoms with Crippen molar-refractivity contribution in [1.29, 1.82) is 0 Å². The Morgan fingerprint density at radius 2 is 0.938 bits per heavy atom. The molecule has 0 aliphatic carbocycles. The van der Waals surface area contributed by atoms with E-state index in [9.17, 15) is 34.2 Å². The van der Waals surface area contributed by atoms with Gasteiger partial charge in [0, 0.05) is 23.1 Å². The van der Waals surface area contributed by atoms with Crippen LogP contribution in [0.3, 0.4) is 0 Å². The van der Waals surface area contributed by atoms with Gasteiger partial charge in [0.25, 0.3) is 0 Å². The van der Waals surface area contributed by atoms with Crippen LogP contribution < -0.4 is 0 Å². The van der Waals surface area contributed by atoms with Gasteiger partial charge in [0.1, 0.15) is 11.5 Å². The van der Waals surface area contributed by atoms with E-state index in [1.54, 1.807) is 0 Å². The first kappa shape index (κ1) is 40.7. The summed E-state index contributed by atoms with van der Waals surface area (Å²) in [4.78, 5) is 26.1. The van der Waals surface area contributed by atoms with Gasteiger partial charge in [-0.1, -0.05) is 107 Å². The molecule has 4 N–H and O–H groups in total. The van der Waals surface area contributed by atoms with E-state index in [1.165, 1.54) is 0 Å². The summed E-state index contributed by atoms with van der Waals surface area (Å²) in [5.41, 5.74) is 2.86. The molecule has 48 heavy (non-hydrogen) atoms. The molecule has 0 aliphatic heterocycles. The molecule has 0 amide bonds. The monoisotopic (exact) mass is 687 g/mol. The van der Waals surface area contributed by atoms with Crippen molar-refractivity contribution in [3.8, 4) is 11.5 Å². The summed E-state index contributed by atoms with van der Waals surface area (Å²) >= 11 is 0.0947. The second-order valence-electron chi connectivity index (χ2n) is 16.5. The third-order valence-corrected chi connectivity index (χ3v) is 8.28. The Balaban J connectivity index is 2.31. The van der Waals surface area contributed by atoms with Gasteiger partial charge >= 0.3 is 29.6 Å². The molecular weight excluding hydrogens is 632 g/mol. The topological polar surface area (TPSA) is 151 Å². The lowest BCUT2D eigenvalue weighted by Gasteiger charge is -2.28. The fraction of sp³-hybridized carbons (Fsp3) is 0.579. The number of hydrogen-bond acceptors (Lipinski definition) is 9. The number of aromatic hydroxyl groups is 2. The molecule has 0 atom stereocenters. The van der Waals surface area contributed by atoms with Crippen LogP contribution in [0, 0.1) is 0 Å². The molecule has 2 aromatic carbocycles. The minimum atomic E-state index is -3.14. The molecule has 0 aromatic heterocycles. The zero-order chi connectivity index (χ0) is 37.0. The van der Waals surface area contributed by atoms with Crippen LogP contribution in [0.4, 0.5) is 0 Å². The van der Waals surface area contributed by atoms with E-state index in [4.69, 9.17) is 9.47 Å².